The summed E-state index contributed by atoms with van der Waals surface area (Å²) in [5.74, 6) is 0.645. The fourth-order valence-electron chi connectivity index (χ4n) is 1.14. The van der Waals surface area contributed by atoms with Gasteiger partial charge >= 0.3 is 0 Å². The molecule has 78 valence electrons. The van der Waals surface area contributed by atoms with Gasteiger partial charge < -0.3 is 5.11 Å². The summed E-state index contributed by atoms with van der Waals surface area (Å²) < 4.78 is 2.66. The third-order valence-corrected chi connectivity index (χ3v) is 2.77. The van der Waals surface area contributed by atoms with Crippen molar-refractivity contribution < 1.29 is 5.11 Å². The van der Waals surface area contributed by atoms with Crippen LogP contribution in [0, 0.1) is 3.57 Å². The van der Waals surface area contributed by atoms with E-state index in [0.29, 0.717) is 16.4 Å². The zero-order valence-electron chi connectivity index (χ0n) is 7.56. The van der Waals surface area contributed by atoms with Crippen LogP contribution in [0.1, 0.15) is 5.56 Å². The summed E-state index contributed by atoms with van der Waals surface area (Å²) in [6, 6.07) is 1.71. The number of pyridine rings is 1. The molecule has 2 heterocycles. The maximum Gasteiger partial charge on any atom is 0.153 e. The summed E-state index contributed by atoms with van der Waals surface area (Å²) in [7, 11) is 0. The molecule has 0 fully saturated rings. The second kappa shape index (κ2) is 4.46. The first-order valence-corrected chi connectivity index (χ1v) is 5.62. The van der Waals surface area contributed by atoms with Crippen LogP contribution >= 0.6 is 34.2 Å². The lowest BCUT2D eigenvalue weighted by molar-refractivity contribution is 0.281. The maximum absolute atomic E-state index is 9.05. The lowest BCUT2D eigenvalue weighted by Gasteiger charge is -2.03. The molecule has 15 heavy (non-hydrogen) atoms. The first-order chi connectivity index (χ1) is 7.20. The number of hydrogen-bond donors (Lipinski definition) is 1. The van der Waals surface area contributed by atoms with Crippen molar-refractivity contribution in [1.29, 1.82) is 0 Å². The number of aliphatic hydroxyl groups is 1. The first-order valence-electron chi connectivity index (χ1n) is 4.16. The molecule has 0 saturated carbocycles. The van der Waals surface area contributed by atoms with Gasteiger partial charge in [-0.15, -0.1) is 0 Å². The van der Waals surface area contributed by atoms with Crippen LogP contribution < -0.4 is 0 Å². The Hall–Kier alpha value is -0.660. The van der Waals surface area contributed by atoms with Gasteiger partial charge in [-0.1, -0.05) is 11.6 Å². The molecule has 0 bridgehead atoms. The molecule has 0 aliphatic carbocycles. The minimum atomic E-state index is -0.104. The monoisotopic (exact) mass is 335 g/mol. The fraction of sp³-hybridized carbons (Fsp3) is 0.111. The number of halogens is 2. The van der Waals surface area contributed by atoms with Gasteiger partial charge in [0.2, 0.25) is 0 Å². The van der Waals surface area contributed by atoms with E-state index >= 15 is 0 Å². The molecular weight excluding hydrogens is 328 g/mol. The largest absolute Gasteiger partial charge is 0.392 e. The molecule has 0 atom stereocenters. The van der Waals surface area contributed by atoms with E-state index in [-0.39, 0.29) is 6.61 Å². The molecule has 1 N–H and O–H groups in total. The smallest absolute Gasteiger partial charge is 0.153 e. The number of hydrogen-bond acceptors (Lipinski definition) is 3. The van der Waals surface area contributed by atoms with E-state index in [4.69, 9.17) is 16.7 Å². The Morgan fingerprint density at radius 1 is 1.47 bits per heavy atom. The highest BCUT2D eigenvalue weighted by atomic mass is 127. The van der Waals surface area contributed by atoms with E-state index in [2.05, 4.69) is 32.7 Å². The lowest BCUT2D eigenvalue weighted by atomic mass is 10.3. The Balaban J connectivity index is 2.45. The zero-order chi connectivity index (χ0) is 10.8. The summed E-state index contributed by atoms with van der Waals surface area (Å²) in [5.41, 5.74) is 0.646. The normalized spacial score (nSPS) is 10.6. The van der Waals surface area contributed by atoms with Crippen molar-refractivity contribution in [3.05, 3.63) is 38.8 Å². The Bertz CT molecular complexity index is 486. The number of rotatable bonds is 2. The van der Waals surface area contributed by atoms with Gasteiger partial charge in [0.05, 0.1) is 21.4 Å². The average Bonchev–Trinajstić information content (AvgIpc) is 2.66. The Kier molecular flexibility index (Phi) is 3.22. The van der Waals surface area contributed by atoms with Gasteiger partial charge in [0, 0.05) is 18.0 Å². The van der Waals surface area contributed by atoms with Gasteiger partial charge in [0.25, 0.3) is 0 Å². The number of aromatic nitrogens is 3. The van der Waals surface area contributed by atoms with Gasteiger partial charge in [0.1, 0.15) is 0 Å². The van der Waals surface area contributed by atoms with Gasteiger partial charge in [0.15, 0.2) is 5.82 Å². The van der Waals surface area contributed by atoms with Crippen LogP contribution in [0.15, 0.2) is 24.7 Å². The summed E-state index contributed by atoms with van der Waals surface area (Å²) in [6.45, 7) is -0.104. The van der Waals surface area contributed by atoms with E-state index in [1.54, 1.807) is 16.9 Å². The lowest BCUT2D eigenvalue weighted by Crippen LogP contribution is -1.99. The maximum atomic E-state index is 9.05. The van der Waals surface area contributed by atoms with Gasteiger partial charge in [-0.25, -0.2) is 9.67 Å². The molecule has 2 aromatic rings. The molecule has 0 unspecified atom stereocenters. The highest BCUT2D eigenvalue weighted by Crippen LogP contribution is 2.17. The average molecular weight is 336 g/mol. The highest BCUT2D eigenvalue weighted by Gasteiger charge is 2.05. The molecule has 2 rings (SSSR count). The molecule has 4 nitrogen and oxygen atoms in total. The van der Waals surface area contributed by atoms with E-state index in [1.165, 1.54) is 6.20 Å². The zero-order valence-corrected chi connectivity index (χ0v) is 10.5. The predicted octanol–water partition coefficient (Wildman–Crippen LogP) is 2.02. The second-order valence-electron chi connectivity index (χ2n) is 2.90. The van der Waals surface area contributed by atoms with Crippen LogP contribution in [0.3, 0.4) is 0 Å². The van der Waals surface area contributed by atoms with E-state index in [0.717, 1.165) is 3.57 Å². The van der Waals surface area contributed by atoms with E-state index < -0.39 is 0 Å². The first kappa shape index (κ1) is 10.8. The van der Waals surface area contributed by atoms with Crippen molar-refractivity contribution in [2.24, 2.45) is 0 Å². The highest BCUT2D eigenvalue weighted by molar-refractivity contribution is 14.1. The summed E-state index contributed by atoms with van der Waals surface area (Å²) in [4.78, 5) is 4.12. The minimum absolute atomic E-state index is 0.104. The molecule has 0 amide bonds. The molecule has 0 spiro atoms. The Labute approximate surface area is 105 Å². The van der Waals surface area contributed by atoms with E-state index in [1.807, 2.05) is 6.20 Å². The van der Waals surface area contributed by atoms with Crippen LogP contribution in [0.2, 0.25) is 5.02 Å². The summed E-state index contributed by atoms with van der Waals surface area (Å²) in [5, 5.41) is 13.6. The quantitative estimate of drug-likeness (QED) is 0.854. The third-order valence-electron chi connectivity index (χ3n) is 1.88. The van der Waals surface area contributed by atoms with Crippen molar-refractivity contribution >= 4 is 34.2 Å². The fourth-order valence-corrected chi connectivity index (χ4v) is 1.69. The molecule has 0 aromatic carbocycles. The third kappa shape index (κ3) is 2.30. The van der Waals surface area contributed by atoms with Crippen LogP contribution in [0.5, 0.6) is 0 Å². The van der Waals surface area contributed by atoms with Gasteiger partial charge in [-0.3, -0.25) is 0 Å². The minimum Gasteiger partial charge on any atom is -0.392 e. The van der Waals surface area contributed by atoms with Crippen LogP contribution in [-0.4, -0.2) is 19.9 Å². The molecule has 0 saturated heterocycles. The molecule has 0 aliphatic rings. The second-order valence-corrected chi connectivity index (χ2v) is 4.55. The number of aliphatic hydroxyl groups excluding tert-OH is 1. The van der Waals surface area contributed by atoms with Crippen molar-refractivity contribution in [1.82, 2.24) is 14.8 Å². The van der Waals surface area contributed by atoms with Gasteiger partial charge in [-0.05, 0) is 28.7 Å². The molecule has 2 aromatic heterocycles. The topological polar surface area (TPSA) is 50.9 Å². The molecule has 0 aliphatic heterocycles. The van der Waals surface area contributed by atoms with Crippen LogP contribution in [0.25, 0.3) is 5.82 Å². The van der Waals surface area contributed by atoms with Crippen LogP contribution in [0.4, 0.5) is 0 Å². The number of nitrogens with zero attached hydrogens (tertiary/aromatic N) is 3. The van der Waals surface area contributed by atoms with Crippen molar-refractivity contribution in [2.75, 3.05) is 0 Å². The predicted molar refractivity (Wildman–Crippen MR) is 65.0 cm³/mol. The SMILES string of the molecule is OCc1cc(-n2cc(I)cn2)ncc1Cl. The molecule has 0 radical (unpaired) electrons. The summed E-state index contributed by atoms with van der Waals surface area (Å²) >= 11 is 8.00. The summed E-state index contributed by atoms with van der Waals surface area (Å²) in [6.07, 6.45) is 5.09. The standard InChI is InChI=1S/C9H7ClIN3O/c10-8-3-12-9(1-6(8)5-15)14-4-7(11)2-13-14/h1-4,15H,5H2. The van der Waals surface area contributed by atoms with Crippen molar-refractivity contribution in [3.63, 3.8) is 0 Å². The molecular formula is C9H7ClIN3O. The van der Waals surface area contributed by atoms with Crippen LogP contribution in [-0.2, 0) is 6.61 Å². The van der Waals surface area contributed by atoms with Crippen molar-refractivity contribution in [2.45, 2.75) is 6.61 Å². The molecule has 6 heteroatoms. The van der Waals surface area contributed by atoms with E-state index in [9.17, 15) is 0 Å². The Morgan fingerprint density at radius 2 is 2.27 bits per heavy atom. The van der Waals surface area contributed by atoms with Crippen molar-refractivity contribution in [3.8, 4) is 5.82 Å². The van der Waals surface area contributed by atoms with Gasteiger partial charge in [-0.2, -0.15) is 5.10 Å². The Morgan fingerprint density at radius 3 is 2.87 bits per heavy atom.